The Bertz CT molecular complexity index is 975. The molecule has 0 fully saturated rings. The van der Waals surface area contributed by atoms with E-state index >= 15 is 0 Å². The van der Waals surface area contributed by atoms with E-state index in [0.717, 1.165) is 23.6 Å². The van der Waals surface area contributed by atoms with Crippen LogP contribution in [0.5, 0.6) is 0 Å². The molecular formula is C20H18BN3O2. The van der Waals surface area contributed by atoms with Gasteiger partial charge in [0.2, 0.25) is 0 Å². The van der Waals surface area contributed by atoms with Crippen molar-refractivity contribution in [2.75, 3.05) is 17.2 Å². The molecule has 0 aliphatic carbocycles. The number of nitrogens with zero attached hydrogens (tertiary/aromatic N) is 1. The van der Waals surface area contributed by atoms with E-state index < -0.39 is 7.12 Å². The first-order chi connectivity index (χ1) is 12.7. The predicted molar refractivity (Wildman–Crippen MR) is 104 cm³/mol. The van der Waals surface area contributed by atoms with Gasteiger partial charge in [0, 0.05) is 35.5 Å². The van der Waals surface area contributed by atoms with E-state index in [2.05, 4.69) is 39.9 Å². The maximum Gasteiger partial charge on any atom is 0.488 e. The summed E-state index contributed by atoms with van der Waals surface area (Å²) in [7, 11) is -1.45. The number of aromatic nitrogens is 1. The number of pyridine rings is 1. The van der Waals surface area contributed by atoms with Gasteiger partial charge in [0.25, 0.3) is 0 Å². The molecule has 0 spiro atoms. The van der Waals surface area contributed by atoms with Crippen LogP contribution in [0.25, 0.3) is 11.1 Å². The van der Waals surface area contributed by atoms with Crippen molar-refractivity contribution in [1.29, 1.82) is 0 Å². The smallest absolute Gasteiger partial charge is 0.423 e. The Morgan fingerprint density at radius 1 is 0.962 bits per heavy atom. The van der Waals surface area contributed by atoms with Crippen molar-refractivity contribution in [3.63, 3.8) is 0 Å². The van der Waals surface area contributed by atoms with Crippen LogP contribution in [0.1, 0.15) is 23.1 Å². The summed E-state index contributed by atoms with van der Waals surface area (Å²) in [6.45, 7) is 0.815. The van der Waals surface area contributed by atoms with Gasteiger partial charge in [-0.05, 0) is 28.7 Å². The predicted octanol–water partition coefficient (Wildman–Crippen LogP) is 2.10. The summed E-state index contributed by atoms with van der Waals surface area (Å²) in [6, 6.07) is 18.0. The number of para-hydroxylation sites is 1. The quantitative estimate of drug-likeness (QED) is 0.536. The molecule has 0 amide bonds. The molecule has 5 rings (SSSR count). The Labute approximate surface area is 151 Å². The highest BCUT2D eigenvalue weighted by molar-refractivity contribution is 6.58. The van der Waals surface area contributed by atoms with Gasteiger partial charge in [0.1, 0.15) is 5.82 Å². The number of nitrogens with one attached hydrogen (secondary N) is 2. The number of hydrogen-bond donors (Lipinski definition) is 4. The van der Waals surface area contributed by atoms with Crippen LogP contribution in [0.3, 0.4) is 0 Å². The Balaban J connectivity index is 1.67. The summed E-state index contributed by atoms with van der Waals surface area (Å²) in [5.74, 6) is 1.20. The Morgan fingerprint density at radius 2 is 1.77 bits per heavy atom. The van der Waals surface area contributed by atoms with Gasteiger partial charge in [-0.3, -0.25) is 0 Å². The highest BCUT2D eigenvalue weighted by Crippen LogP contribution is 2.49. The van der Waals surface area contributed by atoms with Gasteiger partial charge in [-0.1, -0.05) is 42.5 Å². The standard InChI is InChI=1S/C20H18BN3O2/c25-21(26)13-7-5-12(6-8-13)19-16-11-23-20-18(16)15(9-10-22-20)14-3-1-2-4-17(14)24-19/h1-10,16,19,24-26H,11H2,(H,22,23). The lowest BCUT2D eigenvalue weighted by Gasteiger charge is -2.25. The molecule has 0 saturated heterocycles. The molecular weight excluding hydrogens is 325 g/mol. The highest BCUT2D eigenvalue weighted by atomic mass is 16.4. The lowest BCUT2D eigenvalue weighted by atomic mass is 9.79. The maximum atomic E-state index is 9.36. The second kappa shape index (κ2) is 5.86. The summed E-state index contributed by atoms with van der Waals surface area (Å²) in [5, 5.41) is 25.9. The van der Waals surface area contributed by atoms with Gasteiger partial charge < -0.3 is 20.7 Å². The zero-order valence-electron chi connectivity index (χ0n) is 14.1. The molecule has 4 N–H and O–H groups in total. The van der Waals surface area contributed by atoms with Crippen LogP contribution >= 0.6 is 0 Å². The van der Waals surface area contributed by atoms with Crippen molar-refractivity contribution >= 4 is 24.1 Å². The van der Waals surface area contributed by atoms with E-state index in [9.17, 15) is 10.0 Å². The van der Waals surface area contributed by atoms with Crippen molar-refractivity contribution in [2.45, 2.75) is 12.0 Å². The molecule has 5 nitrogen and oxygen atoms in total. The summed E-state index contributed by atoms with van der Waals surface area (Å²) < 4.78 is 0. The molecule has 0 saturated carbocycles. The van der Waals surface area contributed by atoms with E-state index in [-0.39, 0.29) is 12.0 Å². The van der Waals surface area contributed by atoms with Crippen molar-refractivity contribution in [3.8, 4) is 11.1 Å². The molecule has 2 aromatic carbocycles. The topological polar surface area (TPSA) is 77.4 Å². The molecule has 128 valence electrons. The van der Waals surface area contributed by atoms with Crippen LogP contribution < -0.4 is 16.1 Å². The third kappa shape index (κ3) is 2.30. The molecule has 2 atom stereocenters. The van der Waals surface area contributed by atoms with Crippen LogP contribution in [-0.4, -0.2) is 28.7 Å². The van der Waals surface area contributed by atoms with Crippen LogP contribution in [0.4, 0.5) is 11.5 Å². The third-order valence-electron chi connectivity index (χ3n) is 5.37. The van der Waals surface area contributed by atoms with Crippen LogP contribution in [-0.2, 0) is 0 Å². The Morgan fingerprint density at radius 3 is 2.58 bits per heavy atom. The Kier molecular flexibility index (Phi) is 3.48. The van der Waals surface area contributed by atoms with E-state index in [0.29, 0.717) is 5.46 Å². The van der Waals surface area contributed by atoms with Gasteiger partial charge in [0.15, 0.2) is 0 Å². The molecule has 2 aliphatic rings. The first-order valence-electron chi connectivity index (χ1n) is 8.77. The van der Waals surface area contributed by atoms with E-state index in [1.807, 2.05) is 24.4 Å². The minimum absolute atomic E-state index is 0.0697. The van der Waals surface area contributed by atoms with E-state index in [1.54, 1.807) is 12.1 Å². The molecule has 2 aliphatic heterocycles. The molecule has 6 heteroatoms. The van der Waals surface area contributed by atoms with Gasteiger partial charge in [-0.15, -0.1) is 0 Å². The average molecular weight is 343 g/mol. The first-order valence-corrected chi connectivity index (χ1v) is 8.77. The van der Waals surface area contributed by atoms with Gasteiger partial charge >= 0.3 is 7.12 Å². The molecule has 3 aromatic rings. The number of fused-ring (bicyclic) bond motifs is 2. The van der Waals surface area contributed by atoms with Crippen LogP contribution in [0.15, 0.2) is 60.8 Å². The monoisotopic (exact) mass is 343 g/mol. The Hall–Kier alpha value is -2.83. The third-order valence-corrected chi connectivity index (χ3v) is 5.37. The van der Waals surface area contributed by atoms with Crippen molar-refractivity contribution < 1.29 is 10.0 Å². The summed E-state index contributed by atoms with van der Waals surface area (Å²) in [5.41, 5.74) is 6.37. The van der Waals surface area contributed by atoms with E-state index in [4.69, 9.17) is 0 Å². The van der Waals surface area contributed by atoms with Crippen molar-refractivity contribution in [2.24, 2.45) is 0 Å². The highest BCUT2D eigenvalue weighted by Gasteiger charge is 2.37. The van der Waals surface area contributed by atoms with Gasteiger partial charge in [-0.25, -0.2) is 4.98 Å². The van der Waals surface area contributed by atoms with Crippen LogP contribution in [0.2, 0.25) is 0 Å². The van der Waals surface area contributed by atoms with Gasteiger partial charge in [0.05, 0.1) is 6.04 Å². The lowest BCUT2D eigenvalue weighted by Crippen LogP contribution is -2.30. The average Bonchev–Trinajstić information content (AvgIpc) is 3.04. The SMILES string of the molecule is OB(O)c1ccc(C2Nc3ccccc3-c3ccnc4c3C2CN4)cc1. The number of benzene rings is 2. The second-order valence-corrected chi connectivity index (χ2v) is 6.82. The zero-order chi connectivity index (χ0) is 17.7. The molecule has 26 heavy (non-hydrogen) atoms. The summed E-state index contributed by atoms with van der Waals surface area (Å²) >= 11 is 0. The molecule has 0 radical (unpaired) electrons. The minimum Gasteiger partial charge on any atom is -0.423 e. The number of rotatable bonds is 2. The van der Waals surface area contributed by atoms with Crippen LogP contribution in [0, 0.1) is 0 Å². The summed E-state index contributed by atoms with van der Waals surface area (Å²) in [6.07, 6.45) is 1.86. The maximum absolute atomic E-state index is 9.36. The molecule has 3 heterocycles. The van der Waals surface area contributed by atoms with E-state index in [1.165, 1.54) is 16.7 Å². The fourth-order valence-corrected chi connectivity index (χ4v) is 4.12. The van der Waals surface area contributed by atoms with Crippen molar-refractivity contribution in [1.82, 2.24) is 4.98 Å². The second-order valence-electron chi connectivity index (χ2n) is 6.82. The lowest BCUT2D eigenvalue weighted by molar-refractivity contribution is 0.426. The fraction of sp³-hybridized carbons (Fsp3) is 0.150. The molecule has 2 unspecified atom stereocenters. The molecule has 0 bridgehead atoms. The number of anilines is 2. The van der Waals surface area contributed by atoms with Gasteiger partial charge in [-0.2, -0.15) is 0 Å². The minimum atomic E-state index is -1.45. The largest absolute Gasteiger partial charge is 0.488 e. The summed E-state index contributed by atoms with van der Waals surface area (Å²) in [4.78, 5) is 4.53. The zero-order valence-corrected chi connectivity index (χ0v) is 14.1. The normalized spacial score (nSPS) is 19.6. The first kappa shape index (κ1) is 15.4. The number of hydrogen-bond acceptors (Lipinski definition) is 5. The van der Waals surface area contributed by atoms with Crippen molar-refractivity contribution in [3.05, 3.63) is 71.9 Å². The fourth-order valence-electron chi connectivity index (χ4n) is 4.12. The molecule has 1 aromatic heterocycles.